The number of esters is 3. The van der Waals surface area contributed by atoms with Gasteiger partial charge in [0, 0.05) is 36.5 Å². The van der Waals surface area contributed by atoms with Crippen molar-refractivity contribution in [3.63, 3.8) is 0 Å². The highest BCUT2D eigenvalue weighted by Gasteiger charge is 2.77. The average molecular weight is 462 g/mol. The number of hydrogen-bond acceptors (Lipinski definition) is 9. The fourth-order valence-corrected chi connectivity index (χ4v) is 7.96. The lowest BCUT2D eigenvalue weighted by Gasteiger charge is -2.62. The zero-order valence-electron chi connectivity index (χ0n) is 19.1. The Hall–Kier alpha value is -2.26. The second-order valence-electron chi connectivity index (χ2n) is 10.7. The number of aliphatic hydroxyl groups excluding tert-OH is 1. The van der Waals surface area contributed by atoms with Crippen molar-refractivity contribution in [2.45, 2.75) is 65.0 Å². The number of allylic oxidation sites excluding steroid dienone is 1. The zero-order chi connectivity index (χ0) is 23.9. The highest BCUT2D eigenvalue weighted by molar-refractivity contribution is 6.15. The van der Waals surface area contributed by atoms with Crippen molar-refractivity contribution in [3.05, 3.63) is 12.2 Å². The lowest BCUT2D eigenvalue weighted by molar-refractivity contribution is -0.255. The molecule has 0 radical (unpaired) electrons. The molecule has 5 fully saturated rings. The molecule has 180 valence electrons. The molecule has 0 aromatic rings. The maximum atomic E-state index is 13.5. The second kappa shape index (κ2) is 7.12. The van der Waals surface area contributed by atoms with Crippen molar-refractivity contribution in [1.82, 2.24) is 0 Å². The molecule has 0 unspecified atom stereocenters. The SMILES string of the molecule is C=C1C(=O)[C@]23C[C@H]1C[C@@H](O)[C@H]2[C@@]1(CC[C@H](OC(C)=O)[C@@]2(C)CO[C@H](OC(C)=O)[C@H]21)COC3=O. The number of ether oxygens (including phenoxy) is 4. The van der Waals surface area contributed by atoms with Crippen LogP contribution in [-0.2, 0) is 38.1 Å². The summed E-state index contributed by atoms with van der Waals surface area (Å²) in [7, 11) is 0. The molecule has 2 heterocycles. The zero-order valence-corrected chi connectivity index (χ0v) is 19.1. The number of Topliss-reactive ketones (excluding diaryl/α,β-unsaturated/α-hetero) is 1. The van der Waals surface area contributed by atoms with E-state index in [-0.39, 0.29) is 31.3 Å². The van der Waals surface area contributed by atoms with Crippen molar-refractivity contribution >= 4 is 23.7 Å². The van der Waals surface area contributed by atoms with Crippen LogP contribution >= 0.6 is 0 Å². The first-order chi connectivity index (χ1) is 15.5. The van der Waals surface area contributed by atoms with Gasteiger partial charge in [0.1, 0.15) is 11.5 Å². The Labute approximate surface area is 191 Å². The minimum Gasteiger partial charge on any atom is -0.464 e. The van der Waals surface area contributed by atoms with E-state index < -0.39 is 64.5 Å². The van der Waals surface area contributed by atoms with Gasteiger partial charge in [-0.2, -0.15) is 0 Å². The van der Waals surface area contributed by atoms with Crippen LogP contribution in [0.2, 0.25) is 0 Å². The van der Waals surface area contributed by atoms with E-state index in [0.717, 1.165) is 0 Å². The van der Waals surface area contributed by atoms with Crippen molar-refractivity contribution in [3.8, 4) is 0 Å². The Bertz CT molecular complexity index is 958. The van der Waals surface area contributed by atoms with Crippen LogP contribution < -0.4 is 0 Å². The Morgan fingerprint density at radius 2 is 1.82 bits per heavy atom. The molecule has 9 heteroatoms. The van der Waals surface area contributed by atoms with Crippen molar-refractivity contribution in [2.24, 2.45) is 34.0 Å². The number of cyclic esters (lactones) is 1. The number of aliphatic hydroxyl groups is 1. The summed E-state index contributed by atoms with van der Waals surface area (Å²) in [5, 5.41) is 11.4. The van der Waals surface area contributed by atoms with Crippen LogP contribution in [0.1, 0.15) is 46.5 Å². The highest BCUT2D eigenvalue weighted by atomic mass is 16.7. The number of carbonyl (C=O) groups is 4. The molecule has 5 aliphatic rings. The lowest BCUT2D eigenvalue weighted by atomic mass is 9.43. The van der Waals surface area contributed by atoms with Gasteiger partial charge < -0.3 is 24.1 Å². The van der Waals surface area contributed by atoms with Crippen LogP contribution in [0, 0.1) is 34.0 Å². The molecule has 5 rings (SSSR count). The van der Waals surface area contributed by atoms with Gasteiger partial charge in [0.25, 0.3) is 0 Å². The van der Waals surface area contributed by atoms with Gasteiger partial charge in [-0.3, -0.25) is 19.2 Å². The van der Waals surface area contributed by atoms with Gasteiger partial charge in [-0.15, -0.1) is 0 Å². The van der Waals surface area contributed by atoms with Crippen LogP contribution in [0.3, 0.4) is 0 Å². The molecule has 2 bridgehead atoms. The molecule has 9 atom stereocenters. The van der Waals surface area contributed by atoms with E-state index >= 15 is 0 Å². The standard InChI is InChI=1S/C24H30O9/c1-11-14-7-15(27)17-23(10-31-21(29)24(17,8-14)19(11)28)6-5-16(32-12(2)25)22(4)9-30-20(18(22)23)33-13(3)26/h14-18,20,27H,1,5-10H2,2-4H3/t14-,15-,16+,17+,18-,20-,22-,23-,24+/m1/s1. The Morgan fingerprint density at radius 3 is 2.48 bits per heavy atom. The van der Waals surface area contributed by atoms with Crippen LogP contribution in [0.25, 0.3) is 0 Å². The molecule has 0 aromatic carbocycles. The van der Waals surface area contributed by atoms with E-state index in [4.69, 9.17) is 18.9 Å². The molecule has 2 saturated heterocycles. The summed E-state index contributed by atoms with van der Waals surface area (Å²) in [6, 6.07) is 0. The van der Waals surface area contributed by atoms with E-state index in [1.54, 1.807) is 0 Å². The third kappa shape index (κ3) is 2.78. The van der Waals surface area contributed by atoms with Gasteiger partial charge in [-0.05, 0) is 37.2 Å². The number of carbonyl (C=O) groups excluding carboxylic acids is 4. The Kier molecular flexibility index (Phi) is 4.86. The Morgan fingerprint density at radius 1 is 1.12 bits per heavy atom. The van der Waals surface area contributed by atoms with E-state index in [1.807, 2.05) is 6.92 Å². The third-order valence-electron chi connectivity index (χ3n) is 9.01. The predicted octanol–water partition coefficient (Wildman–Crippen LogP) is 1.31. The molecule has 9 nitrogen and oxygen atoms in total. The summed E-state index contributed by atoms with van der Waals surface area (Å²) in [5.41, 5.74) is -2.82. The van der Waals surface area contributed by atoms with Gasteiger partial charge in [0.15, 0.2) is 5.78 Å². The van der Waals surface area contributed by atoms with Crippen molar-refractivity contribution in [2.75, 3.05) is 13.2 Å². The van der Waals surface area contributed by atoms with Gasteiger partial charge >= 0.3 is 17.9 Å². The lowest BCUT2D eigenvalue weighted by Crippen LogP contribution is -2.69. The molecule has 33 heavy (non-hydrogen) atoms. The molecular weight excluding hydrogens is 432 g/mol. The molecular formula is C24H30O9. The molecule has 0 aromatic heterocycles. The maximum Gasteiger partial charge on any atom is 0.320 e. The minimum absolute atomic E-state index is 0.0338. The first-order valence-electron chi connectivity index (χ1n) is 11.5. The summed E-state index contributed by atoms with van der Waals surface area (Å²) in [6.07, 6.45) is -0.976. The van der Waals surface area contributed by atoms with Gasteiger partial charge in [-0.25, -0.2) is 0 Å². The number of fused-ring (bicyclic) bond motifs is 4. The molecule has 3 saturated carbocycles. The summed E-state index contributed by atoms with van der Waals surface area (Å²) >= 11 is 0. The molecule has 2 spiro atoms. The summed E-state index contributed by atoms with van der Waals surface area (Å²) < 4.78 is 22.9. The average Bonchev–Trinajstić information content (AvgIpc) is 3.17. The van der Waals surface area contributed by atoms with E-state index in [0.29, 0.717) is 24.8 Å². The van der Waals surface area contributed by atoms with Gasteiger partial charge in [-0.1, -0.05) is 13.5 Å². The third-order valence-corrected chi connectivity index (χ3v) is 9.01. The van der Waals surface area contributed by atoms with E-state index in [1.165, 1.54) is 13.8 Å². The van der Waals surface area contributed by atoms with Crippen LogP contribution in [-0.4, -0.2) is 60.5 Å². The maximum absolute atomic E-state index is 13.5. The first-order valence-corrected chi connectivity index (χ1v) is 11.5. The van der Waals surface area contributed by atoms with E-state index in [9.17, 15) is 24.3 Å². The summed E-state index contributed by atoms with van der Waals surface area (Å²) in [4.78, 5) is 50.5. The molecule has 2 aliphatic heterocycles. The van der Waals surface area contributed by atoms with Crippen LogP contribution in [0.15, 0.2) is 12.2 Å². The monoisotopic (exact) mass is 462 g/mol. The summed E-state index contributed by atoms with van der Waals surface area (Å²) in [6.45, 7) is 8.58. The van der Waals surface area contributed by atoms with Crippen LogP contribution in [0.5, 0.6) is 0 Å². The van der Waals surface area contributed by atoms with E-state index in [2.05, 4.69) is 6.58 Å². The first kappa shape index (κ1) is 22.5. The summed E-state index contributed by atoms with van der Waals surface area (Å²) in [5.74, 6) is -3.50. The Balaban J connectivity index is 1.67. The normalized spacial score (nSPS) is 48.2. The molecule has 1 N–H and O–H groups in total. The number of hydrogen-bond donors (Lipinski definition) is 1. The molecule has 0 amide bonds. The number of ketones is 1. The largest absolute Gasteiger partial charge is 0.464 e. The fraction of sp³-hybridized carbons (Fsp3) is 0.750. The highest BCUT2D eigenvalue weighted by Crippen LogP contribution is 2.70. The predicted molar refractivity (Wildman–Crippen MR) is 110 cm³/mol. The topological polar surface area (TPSA) is 125 Å². The smallest absolute Gasteiger partial charge is 0.320 e. The molecule has 3 aliphatic carbocycles. The fourth-order valence-electron chi connectivity index (χ4n) is 7.96. The van der Waals surface area contributed by atoms with Gasteiger partial charge in [0.05, 0.1) is 19.3 Å². The quantitative estimate of drug-likeness (QED) is 0.280. The van der Waals surface area contributed by atoms with Gasteiger partial charge in [0.2, 0.25) is 6.29 Å². The second-order valence-corrected chi connectivity index (χ2v) is 10.7. The van der Waals surface area contributed by atoms with Crippen LogP contribution in [0.4, 0.5) is 0 Å². The van der Waals surface area contributed by atoms with Crippen molar-refractivity contribution in [1.29, 1.82) is 0 Å². The number of rotatable bonds is 2. The van der Waals surface area contributed by atoms with Crippen molar-refractivity contribution < 1.29 is 43.2 Å². The minimum atomic E-state index is -1.50.